The highest BCUT2D eigenvalue weighted by Crippen LogP contribution is 2.34. The number of carbonyl (C=O) groups is 1. The Hall–Kier alpha value is -3.67. The Kier molecular flexibility index (Phi) is 7.80. The second kappa shape index (κ2) is 11.2. The molecule has 4 rings (SSSR count). The van der Waals surface area contributed by atoms with Crippen molar-refractivity contribution in [2.75, 3.05) is 26.9 Å². The third-order valence-electron chi connectivity index (χ3n) is 5.96. The van der Waals surface area contributed by atoms with Gasteiger partial charge in [-0.3, -0.25) is 4.79 Å². The Morgan fingerprint density at radius 2 is 1.66 bits per heavy atom. The molecule has 0 bridgehead atoms. The van der Waals surface area contributed by atoms with Gasteiger partial charge in [-0.15, -0.1) is 0 Å². The quantitative estimate of drug-likeness (QED) is 0.397. The molecule has 0 aromatic heterocycles. The summed E-state index contributed by atoms with van der Waals surface area (Å²) in [5.41, 5.74) is 2.85. The summed E-state index contributed by atoms with van der Waals surface area (Å²) in [6, 6.07) is 20.7. The summed E-state index contributed by atoms with van der Waals surface area (Å²) in [7, 11) is 1.60. The molecular weight excluding hydrogens is 442 g/mol. The molecule has 6 heteroatoms. The number of nitrogens with zero attached hydrogens (tertiary/aromatic N) is 1. The summed E-state index contributed by atoms with van der Waals surface area (Å²) < 4.78 is 23.0. The Bertz CT molecular complexity index is 1140. The largest absolute Gasteiger partial charge is 0.497 e. The zero-order valence-electron chi connectivity index (χ0n) is 20.8. The smallest absolute Gasteiger partial charge is 0.254 e. The molecule has 1 aliphatic rings. The maximum atomic E-state index is 13.6. The maximum absolute atomic E-state index is 13.6. The van der Waals surface area contributed by atoms with Gasteiger partial charge in [0.15, 0.2) is 0 Å². The van der Waals surface area contributed by atoms with E-state index < -0.39 is 0 Å². The van der Waals surface area contributed by atoms with Crippen LogP contribution in [-0.4, -0.2) is 43.8 Å². The van der Waals surface area contributed by atoms with E-state index in [1.54, 1.807) is 13.2 Å². The number of rotatable bonds is 9. The molecule has 3 aromatic carbocycles. The lowest BCUT2D eigenvalue weighted by molar-refractivity contribution is 0.0589. The molecule has 1 unspecified atom stereocenters. The SMILES string of the molecule is CCOc1ccc(OCC2c3ccc(OC(C)C)cc3CCN2C(=O)c2cccc(OC)c2)cc1. The average Bonchev–Trinajstić information content (AvgIpc) is 2.87. The van der Waals surface area contributed by atoms with Crippen molar-refractivity contribution in [1.82, 2.24) is 4.90 Å². The van der Waals surface area contributed by atoms with Crippen molar-refractivity contribution in [2.24, 2.45) is 0 Å². The standard InChI is InChI=1S/C29H33NO5/c1-5-33-23-9-11-24(12-10-23)34-19-28-27-14-13-26(35-20(2)3)17-21(27)15-16-30(28)29(31)22-7-6-8-25(18-22)32-4/h6-14,17-18,20,28H,5,15-16,19H2,1-4H3. The van der Waals surface area contributed by atoms with E-state index in [0.717, 1.165) is 29.2 Å². The molecular formula is C29H33NO5. The number of ether oxygens (including phenoxy) is 4. The molecule has 1 atom stereocenters. The van der Waals surface area contributed by atoms with E-state index in [1.165, 1.54) is 5.56 Å². The van der Waals surface area contributed by atoms with Gasteiger partial charge in [0.1, 0.15) is 29.6 Å². The van der Waals surface area contributed by atoms with Crippen molar-refractivity contribution in [2.45, 2.75) is 39.3 Å². The van der Waals surface area contributed by atoms with Gasteiger partial charge >= 0.3 is 0 Å². The third-order valence-corrected chi connectivity index (χ3v) is 5.96. The van der Waals surface area contributed by atoms with E-state index in [2.05, 4.69) is 12.1 Å². The van der Waals surface area contributed by atoms with Gasteiger partial charge in [-0.25, -0.2) is 0 Å². The highest BCUT2D eigenvalue weighted by molar-refractivity contribution is 5.95. The van der Waals surface area contributed by atoms with Crippen LogP contribution in [0.2, 0.25) is 0 Å². The van der Waals surface area contributed by atoms with Crippen LogP contribution in [-0.2, 0) is 6.42 Å². The lowest BCUT2D eigenvalue weighted by Crippen LogP contribution is -2.42. The van der Waals surface area contributed by atoms with E-state index in [0.29, 0.717) is 31.1 Å². The minimum absolute atomic E-state index is 0.0441. The first-order valence-corrected chi connectivity index (χ1v) is 12.1. The van der Waals surface area contributed by atoms with Crippen LogP contribution in [0, 0.1) is 0 Å². The Morgan fingerprint density at radius 3 is 2.34 bits per heavy atom. The molecule has 35 heavy (non-hydrogen) atoms. The number of fused-ring (bicyclic) bond motifs is 1. The van der Waals surface area contributed by atoms with Gasteiger partial charge in [0.2, 0.25) is 0 Å². The normalized spacial score (nSPS) is 14.9. The maximum Gasteiger partial charge on any atom is 0.254 e. The van der Waals surface area contributed by atoms with E-state index in [-0.39, 0.29) is 18.1 Å². The van der Waals surface area contributed by atoms with Crippen LogP contribution < -0.4 is 18.9 Å². The molecule has 0 radical (unpaired) electrons. The van der Waals surface area contributed by atoms with Crippen molar-refractivity contribution >= 4 is 5.91 Å². The molecule has 0 spiro atoms. The van der Waals surface area contributed by atoms with Crippen molar-refractivity contribution in [3.8, 4) is 23.0 Å². The summed E-state index contributed by atoms with van der Waals surface area (Å²) in [6.45, 7) is 7.52. The zero-order valence-corrected chi connectivity index (χ0v) is 20.8. The van der Waals surface area contributed by atoms with E-state index >= 15 is 0 Å². The molecule has 0 aliphatic carbocycles. The van der Waals surface area contributed by atoms with Crippen LogP contribution in [0.15, 0.2) is 66.7 Å². The van der Waals surface area contributed by atoms with Gasteiger partial charge in [-0.05, 0) is 92.9 Å². The lowest BCUT2D eigenvalue weighted by Gasteiger charge is -2.37. The Morgan fingerprint density at radius 1 is 0.943 bits per heavy atom. The zero-order chi connectivity index (χ0) is 24.8. The molecule has 0 saturated carbocycles. The van der Waals surface area contributed by atoms with Crippen molar-refractivity contribution in [1.29, 1.82) is 0 Å². The summed E-state index contributed by atoms with van der Waals surface area (Å²) in [5, 5.41) is 0. The number of carbonyl (C=O) groups excluding carboxylic acids is 1. The van der Waals surface area contributed by atoms with Crippen molar-refractivity contribution in [3.05, 3.63) is 83.4 Å². The van der Waals surface area contributed by atoms with Crippen LogP contribution in [0.4, 0.5) is 0 Å². The van der Waals surface area contributed by atoms with Crippen LogP contribution in [0.25, 0.3) is 0 Å². The van der Waals surface area contributed by atoms with Crippen LogP contribution >= 0.6 is 0 Å². The monoisotopic (exact) mass is 475 g/mol. The fourth-order valence-corrected chi connectivity index (χ4v) is 4.35. The number of hydrogen-bond acceptors (Lipinski definition) is 5. The first kappa shape index (κ1) is 24.5. The molecule has 1 amide bonds. The number of hydrogen-bond donors (Lipinski definition) is 0. The Labute approximate surface area is 207 Å². The fourth-order valence-electron chi connectivity index (χ4n) is 4.35. The van der Waals surface area contributed by atoms with Gasteiger partial charge in [0.25, 0.3) is 5.91 Å². The predicted octanol–water partition coefficient (Wildman–Crippen LogP) is 5.70. The highest BCUT2D eigenvalue weighted by Gasteiger charge is 2.32. The van der Waals surface area contributed by atoms with Crippen LogP contribution in [0.3, 0.4) is 0 Å². The summed E-state index contributed by atoms with van der Waals surface area (Å²) in [4.78, 5) is 15.5. The van der Waals surface area contributed by atoms with Gasteiger partial charge in [0.05, 0.1) is 25.9 Å². The van der Waals surface area contributed by atoms with Gasteiger partial charge in [-0.1, -0.05) is 12.1 Å². The predicted molar refractivity (Wildman–Crippen MR) is 136 cm³/mol. The van der Waals surface area contributed by atoms with E-state index in [4.69, 9.17) is 18.9 Å². The molecule has 0 N–H and O–H groups in total. The molecule has 1 heterocycles. The number of amides is 1. The second-order valence-electron chi connectivity index (χ2n) is 8.74. The summed E-state index contributed by atoms with van der Waals surface area (Å²) in [6.07, 6.45) is 0.849. The molecule has 6 nitrogen and oxygen atoms in total. The Balaban J connectivity index is 1.61. The first-order chi connectivity index (χ1) is 17.0. The van der Waals surface area contributed by atoms with Crippen LogP contribution in [0.5, 0.6) is 23.0 Å². The third kappa shape index (κ3) is 5.88. The number of methoxy groups -OCH3 is 1. The fraction of sp³-hybridized carbons (Fsp3) is 0.345. The van der Waals surface area contributed by atoms with Gasteiger partial charge in [0, 0.05) is 12.1 Å². The minimum atomic E-state index is -0.239. The second-order valence-corrected chi connectivity index (χ2v) is 8.74. The molecule has 184 valence electrons. The summed E-state index contributed by atoms with van der Waals surface area (Å²) in [5.74, 6) is 2.99. The first-order valence-electron chi connectivity index (χ1n) is 12.1. The summed E-state index contributed by atoms with van der Waals surface area (Å²) >= 11 is 0. The molecule has 3 aromatic rings. The van der Waals surface area contributed by atoms with Gasteiger partial charge < -0.3 is 23.8 Å². The average molecular weight is 476 g/mol. The highest BCUT2D eigenvalue weighted by atomic mass is 16.5. The van der Waals surface area contributed by atoms with Crippen LogP contribution in [0.1, 0.15) is 48.3 Å². The molecule has 1 aliphatic heterocycles. The van der Waals surface area contributed by atoms with Gasteiger partial charge in [-0.2, -0.15) is 0 Å². The van der Waals surface area contributed by atoms with E-state index in [1.807, 2.05) is 74.2 Å². The molecule has 0 saturated heterocycles. The topological polar surface area (TPSA) is 57.2 Å². The lowest BCUT2D eigenvalue weighted by atomic mass is 9.92. The van der Waals surface area contributed by atoms with Crippen molar-refractivity contribution in [3.63, 3.8) is 0 Å². The molecule has 0 fully saturated rings. The minimum Gasteiger partial charge on any atom is -0.497 e. The number of benzene rings is 3. The van der Waals surface area contributed by atoms with Crippen molar-refractivity contribution < 1.29 is 23.7 Å². The van der Waals surface area contributed by atoms with E-state index in [9.17, 15) is 4.79 Å².